The summed E-state index contributed by atoms with van der Waals surface area (Å²) in [6.07, 6.45) is 3.77. The molecular formula is C13H14N2O2S. The molecule has 0 aromatic heterocycles. The van der Waals surface area contributed by atoms with E-state index in [-0.39, 0.29) is 5.25 Å². The first-order valence-electron chi connectivity index (χ1n) is 5.57. The lowest BCUT2D eigenvalue weighted by atomic mass is 10.0. The van der Waals surface area contributed by atoms with E-state index in [2.05, 4.69) is 24.0 Å². The molecule has 0 saturated carbocycles. The molecule has 0 amide bonds. The van der Waals surface area contributed by atoms with Crippen molar-refractivity contribution >= 4 is 18.3 Å². The zero-order chi connectivity index (χ0) is 13.0. The summed E-state index contributed by atoms with van der Waals surface area (Å²) in [6, 6.07) is 5.78. The molecule has 18 heavy (non-hydrogen) atoms. The van der Waals surface area contributed by atoms with Gasteiger partial charge in [0.2, 0.25) is 0 Å². The predicted molar refractivity (Wildman–Crippen MR) is 73.0 cm³/mol. The van der Waals surface area contributed by atoms with Crippen molar-refractivity contribution in [1.29, 1.82) is 5.26 Å². The first-order chi connectivity index (χ1) is 8.76. The van der Waals surface area contributed by atoms with Gasteiger partial charge in [0.05, 0.1) is 12.2 Å². The highest BCUT2D eigenvalue weighted by atomic mass is 32.1. The molecule has 0 spiro atoms. The normalized spacial score (nSPS) is 16.6. The predicted octanol–water partition coefficient (Wildman–Crippen LogP) is 2.49. The summed E-state index contributed by atoms with van der Waals surface area (Å²) in [7, 11) is 1.61. The summed E-state index contributed by atoms with van der Waals surface area (Å²) >= 11 is 4.45. The quantitative estimate of drug-likeness (QED) is 0.646. The number of nitriles is 1. The molecule has 1 aliphatic rings. The van der Waals surface area contributed by atoms with Crippen molar-refractivity contribution < 1.29 is 9.47 Å². The number of thiol groups is 1. The van der Waals surface area contributed by atoms with Gasteiger partial charge >= 0.3 is 0 Å². The SMILES string of the molecule is COCCOc1cc2c(cc1C#N)C(S)C=CN2. The van der Waals surface area contributed by atoms with Gasteiger partial charge in [0.1, 0.15) is 18.4 Å². The lowest BCUT2D eigenvalue weighted by Gasteiger charge is -2.20. The second-order valence-corrected chi connectivity index (χ2v) is 4.39. The van der Waals surface area contributed by atoms with Crippen LogP contribution in [-0.4, -0.2) is 20.3 Å². The molecule has 1 aliphatic heterocycles. The fourth-order valence-electron chi connectivity index (χ4n) is 1.74. The molecule has 0 bridgehead atoms. The Morgan fingerprint density at radius 2 is 2.28 bits per heavy atom. The van der Waals surface area contributed by atoms with E-state index in [4.69, 9.17) is 14.7 Å². The third kappa shape index (κ3) is 2.61. The van der Waals surface area contributed by atoms with Crippen LogP contribution in [0.4, 0.5) is 5.69 Å². The van der Waals surface area contributed by atoms with E-state index < -0.39 is 0 Å². The molecule has 0 radical (unpaired) electrons. The average Bonchev–Trinajstić information content (AvgIpc) is 2.39. The molecule has 4 nitrogen and oxygen atoms in total. The highest BCUT2D eigenvalue weighted by molar-refractivity contribution is 7.80. The van der Waals surface area contributed by atoms with Gasteiger partial charge in [0.25, 0.3) is 0 Å². The van der Waals surface area contributed by atoms with E-state index in [0.29, 0.717) is 24.5 Å². The standard InChI is InChI=1S/C13H14N2O2S/c1-16-4-5-17-12-7-11-10(6-9(12)8-14)13(18)2-3-15-11/h2-3,6-7,13,15,18H,4-5H2,1H3. The van der Waals surface area contributed by atoms with Gasteiger partial charge in [-0.2, -0.15) is 17.9 Å². The Morgan fingerprint density at radius 3 is 3.00 bits per heavy atom. The molecule has 2 rings (SSSR count). The number of hydrogen-bond acceptors (Lipinski definition) is 5. The number of anilines is 1. The van der Waals surface area contributed by atoms with Crippen LogP contribution in [0.5, 0.6) is 5.75 Å². The number of nitrogens with one attached hydrogen (secondary N) is 1. The molecular weight excluding hydrogens is 248 g/mol. The minimum Gasteiger partial charge on any atom is -0.490 e. The van der Waals surface area contributed by atoms with Crippen molar-refractivity contribution in [1.82, 2.24) is 0 Å². The number of ether oxygens (including phenoxy) is 2. The van der Waals surface area contributed by atoms with Gasteiger partial charge in [-0.25, -0.2) is 0 Å². The first-order valence-corrected chi connectivity index (χ1v) is 6.09. The molecule has 0 fully saturated rings. The topological polar surface area (TPSA) is 54.3 Å². The Kier molecular flexibility index (Phi) is 4.13. The monoisotopic (exact) mass is 262 g/mol. The number of nitrogens with zero attached hydrogens (tertiary/aromatic N) is 1. The van der Waals surface area contributed by atoms with Crippen LogP contribution in [0.1, 0.15) is 16.4 Å². The van der Waals surface area contributed by atoms with Gasteiger partial charge in [-0.05, 0) is 17.8 Å². The molecule has 94 valence electrons. The van der Waals surface area contributed by atoms with Crippen LogP contribution < -0.4 is 10.1 Å². The number of fused-ring (bicyclic) bond motifs is 1. The lowest BCUT2D eigenvalue weighted by Crippen LogP contribution is -2.08. The van der Waals surface area contributed by atoms with E-state index in [0.717, 1.165) is 11.3 Å². The second kappa shape index (κ2) is 5.80. The largest absolute Gasteiger partial charge is 0.490 e. The van der Waals surface area contributed by atoms with E-state index in [1.54, 1.807) is 7.11 Å². The molecule has 1 aromatic carbocycles. The lowest BCUT2D eigenvalue weighted by molar-refractivity contribution is 0.146. The van der Waals surface area contributed by atoms with Crippen molar-refractivity contribution in [2.24, 2.45) is 0 Å². The molecule has 1 atom stereocenters. The highest BCUT2D eigenvalue weighted by Crippen LogP contribution is 2.36. The van der Waals surface area contributed by atoms with Crippen LogP contribution in [0, 0.1) is 11.3 Å². The van der Waals surface area contributed by atoms with E-state index in [1.165, 1.54) is 0 Å². The Bertz CT molecular complexity index is 508. The van der Waals surface area contributed by atoms with Crippen LogP contribution in [-0.2, 0) is 4.74 Å². The van der Waals surface area contributed by atoms with Gasteiger partial charge in [-0.15, -0.1) is 0 Å². The third-order valence-electron chi connectivity index (χ3n) is 2.65. The van der Waals surface area contributed by atoms with Crippen LogP contribution in [0.25, 0.3) is 0 Å². The van der Waals surface area contributed by atoms with Crippen LogP contribution in [0.3, 0.4) is 0 Å². The number of hydrogen-bond donors (Lipinski definition) is 2. The van der Waals surface area contributed by atoms with Crippen molar-refractivity contribution in [3.05, 3.63) is 35.5 Å². The molecule has 1 N–H and O–H groups in total. The minimum atomic E-state index is 0.00127. The molecule has 0 aliphatic carbocycles. The Morgan fingerprint density at radius 1 is 1.44 bits per heavy atom. The minimum absolute atomic E-state index is 0.00127. The summed E-state index contributed by atoms with van der Waals surface area (Å²) < 4.78 is 10.5. The average molecular weight is 262 g/mol. The van der Waals surface area contributed by atoms with Crippen molar-refractivity contribution in [2.75, 3.05) is 25.6 Å². The molecule has 1 unspecified atom stereocenters. The number of rotatable bonds is 4. The van der Waals surface area contributed by atoms with E-state index in [9.17, 15) is 0 Å². The van der Waals surface area contributed by atoms with Crippen molar-refractivity contribution in [2.45, 2.75) is 5.25 Å². The fourth-order valence-corrected chi connectivity index (χ4v) is 2.04. The summed E-state index contributed by atoms with van der Waals surface area (Å²) in [5.41, 5.74) is 2.42. The maximum absolute atomic E-state index is 9.14. The summed E-state index contributed by atoms with van der Waals surface area (Å²) in [5.74, 6) is 0.566. The Labute approximate surface area is 112 Å². The first kappa shape index (κ1) is 12.8. The molecule has 5 heteroatoms. The van der Waals surface area contributed by atoms with E-state index >= 15 is 0 Å². The van der Waals surface area contributed by atoms with Gasteiger partial charge < -0.3 is 14.8 Å². The summed E-state index contributed by atoms with van der Waals surface area (Å²) in [5, 5.41) is 12.3. The van der Waals surface area contributed by atoms with Crippen molar-refractivity contribution in [3.63, 3.8) is 0 Å². The zero-order valence-corrected chi connectivity index (χ0v) is 10.9. The molecule has 1 aromatic rings. The Hall–Kier alpha value is -1.64. The maximum atomic E-state index is 9.14. The van der Waals surface area contributed by atoms with Gasteiger partial charge in [-0.3, -0.25) is 0 Å². The summed E-state index contributed by atoms with van der Waals surface area (Å²) in [6.45, 7) is 0.911. The van der Waals surface area contributed by atoms with Crippen LogP contribution in [0.2, 0.25) is 0 Å². The van der Waals surface area contributed by atoms with E-state index in [1.807, 2.05) is 24.4 Å². The number of methoxy groups -OCH3 is 1. The van der Waals surface area contributed by atoms with Gasteiger partial charge in [-0.1, -0.05) is 6.08 Å². The zero-order valence-electron chi connectivity index (χ0n) is 10.0. The van der Waals surface area contributed by atoms with Gasteiger partial charge in [0, 0.05) is 24.1 Å². The Balaban J connectivity index is 2.29. The molecule has 1 heterocycles. The van der Waals surface area contributed by atoms with Crippen LogP contribution in [0.15, 0.2) is 24.4 Å². The molecule has 0 saturated heterocycles. The maximum Gasteiger partial charge on any atom is 0.139 e. The highest BCUT2D eigenvalue weighted by Gasteiger charge is 2.16. The fraction of sp³-hybridized carbons (Fsp3) is 0.308. The second-order valence-electron chi connectivity index (χ2n) is 3.84. The van der Waals surface area contributed by atoms with Crippen LogP contribution >= 0.6 is 12.6 Å². The van der Waals surface area contributed by atoms with Gasteiger partial charge in [0.15, 0.2) is 0 Å². The smallest absolute Gasteiger partial charge is 0.139 e. The number of benzene rings is 1. The van der Waals surface area contributed by atoms with Crippen molar-refractivity contribution in [3.8, 4) is 11.8 Å². The summed E-state index contributed by atoms with van der Waals surface area (Å²) in [4.78, 5) is 0. The third-order valence-corrected chi connectivity index (χ3v) is 3.10.